The maximum absolute atomic E-state index is 12.0. The van der Waals surface area contributed by atoms with Crippen LogP contribution in [0.3, 0.4) is 0 Å². The third-order valence-corrected chi connectivity index (χ3v) is 3.66. The van der Waals surface area contributed by atoms with E-state index in [0.29, 0.717) is 18.2 Å². The third-order valence-electron chi connectivity index (χ3n) is 3.66. The number of carbonyl (C=O) groups is 1. The van der Waals surface area contributed by atoms with Gasteiger partial charge in [0.25, 0.3) is 5.91 Å². The normalized spacial score (nSPS) is 23.5. The lowest BCUT2D eigenvalue weighted by molar-refractivity contribution is -0.0672. The number of aromatic amines is 1. The van der Waals surface area contributed by atoms with Gasteiger partial charge in [-0.25, -0.2) is 0 Å². The topological polar surface area (TPSA) is 70.2 Å². The van der Waals surface area contributed by atoms with Gasteiger partial charge in [0.05, 0.1) is 12.2 Å². The van der Waals surface area contributed by atoms with E-state index in [9.17, 15) is 4.79 Å². The molecular formula is C15H26N4O2. The molecule has 0 spiro atoms. The third kappa shape index (κ3) is 4.54. The number of rotatable bonds is 5. The first-order valence-electron chi connectivity index (χ1n) is 7.67. The number of H-pyrrole nitrogens is 1. The molecule has 2 heterocycles. The maximum Gasteiger partial charge on any atom is 0.271 e. The van der Waals surface area contributed by atoms with E-state index in [1.54, 1.807) is 0 Å². The molecule has 118 valence electrons. The zero-order chi connectivity index (χ0) is 15.4. The summed E-state index contributed by atoms with van der Waals surface area (Å²) in [6.07, 6.45) is 0.508. The van der Waals surface area contributed by atoms with Gasteiger partial charge in [-0.2, -0.15) is 5.10 Å². The first-order chi connectivity index (χ1) is 9.95. The van der Waals surface area contributed by atoms with Crippen LogP contribution >= 0.6 is 0 Å². The van der Waals surface area contributed by atoms with E-state index < -0.39 is 0 Å². The highest BCUT2D eigenvalue weighted by Crippen LogP contribution is 2.12. The molecule has 2 rings (SSSR count). The molecule has 0 aromatic carbocycles. The molecule has 6 heteroatoms. The minimum absolute atomic E-state index is 0.118. The lowest BCUT2D eigenvalue weighted by Gasteiger charge is -2.35. The first-order valence-corrected chi connectivity index (χ1v) is 7.67. The van der Waals surface area contributed by atoms with Gasteiger partial charge in [0.2, 0.25) is 0 Å². The molecule has 1 aliphatic rings. The second kappa shape index (κ2) is 7.04. The molecular weight excluding hydrogens is 268 g/mol. The second-order valence-electron chi connectivity index (χ2n) is 6.14. The monoisotopic (exact) mass is 294 g/mol. The van der Waals surface area contributed by atoms with Crippen LogP contribution < -0.4 is 5.32 Å². The Morgan fingerprint density at radius 2 is 2.14 bits per heavy atom. The molecule has 0 bridgehead atoms. The van der Waals surface area contributed by atoms with Gasteiger partial charge in [0.15, 0.2) is 0 Å². The van der Waals surface area contributed by atoms with Crippen molar-refractivity contribution >= 4 is 5.91 Å². The van der Waals surface area contributed by atoms with Gasteiger partial charge in [-0.1, -0.05) is 13.8 Å². The minimum atomic E-state index is -0.118. The van der Waals surface area contributed by atoms with Crippen LogP contribution in [0.5, 0.6) is 0 Å². The van der Waals surface area contributed by atoms with Gasteiger partial charge in [-0.05, 0) is 25.8 Å². The van der Waals surface area contributed by atoms with Crippen molar-refractivity contribution < 1.29 is 9.53 Å². The number of hydrogen-bond donors (Lipinski definition) is 2. The van der Waals surface area contributed by atoms with Crippen molar-refractivity contribution in [3.8, 4) is 0 Å². The fourth-order valence-corrected chi connectivity index (χ4v) is 2.63. The predicted molar refractivity (Wildman–Crippen MR) is 81.5 cm³/mol. The fraction of sp³-hybridized carbons (Fsp3) is 0.733. The SMILES string of the molecule is CC(C)c1cc(C(=O)NCCN2C[C@H](C)O[C@@H](C)C2)n[nH]1. The summed E-state index contributed by atoms with van der Waals surface area (Å²) in [5.74, 6) is 0.225. The zero-order valence-corrected chi connectivity index (χ0v) is 13.3. The fourth-order valence-electron chi connectivity index (χ4n) is 2.63. The van der Waals surface area contributed by atoms with Crippen LogP contribution in [-0.2, 0) is 4.74 Å². The Morgan fingerprint density at radius 1 is 1.48 bits per heavy atom. The second-order valence-corrected chi connectivity index (χ2v) is 6.14. The number of hydrogen-bond acceptors (Lipinski definition) is 4. The van der Waals surface area contributed by atoms with Crippen molar-refractivity contribution in [1.29, 1.82) is 0 Å². The standard InChI is InChI=1S/C15H26N4O2/c1-10(2)13-7-14(18-17-13)15(20)16-5-6-19-8-11(3)21-12(4)9-19/h7,10-12H,5-6,8-9H2,1-4H3,(H,16,20)(H,17,18)/t11-,12-/m0/s1. The van der Waals surface area contributed by atoms with E-state index in [1.165, 1.54) is 0 Å². The summed E-state index contributed by atoms with van der Waals surface area (Å²) in [5, 5.41) is 9.88. The van der Waals surface area contributed by atoms with Crippen LogP contribution in [0.15, 0.2) is 6.07 Å². The van der Waals surface area contributed by atoms with Gasteiger partial charge >= 0.3 is 0 Å². The Morgan fingerprint density at radius 3 is 2.71 bits per heavy atom. The summed E-state index contributed by atoms with van der Waals surface area (Å²) in [4.78, 5) is 14.3. The zero-order valence-electron chi connectivity index (χ0n) is 13.3. The molecule has 1 aliphatic heterocycles. The molecule has 2 atom stereocenters. The number of carbonyl (C=O) groups excluding carboxylic acids is 1. The molecule has 0 unspecified atom stereocenters. The Bertz CT molecular complexity index is 462. The van der Waals surface area contributed by atoms with E-state index in [-0.39, 0.29) is 18.1 Å². The largest absolute Gasteiger partial charge is 0.373 e. The van der Waals surface area contributed by atoms with E-state index in [2.05, 4.69) is 48.1 Å². The Kier molecular flexibility index (Phi) is 5.36. The lowest BCUT2D eigenvalue weighted by atomic mass is 10.1. The molecule has 1 amide bonds. The molecule has 6 nitrogen and oxygen atoms in total. The summed E-state index contributed by atoms with van der Waals surface area (Å²) in [5.41, 5.74) is 1.44. The van der Waals surface area contributed by atoms with Gasteiger partial charge in [-0.3, -0.25) is 14.8 Å². The van der Waals surface area contributed by atoms with Crippen molar-refractivity contribution in [2.75, 3.05) is 26.2 Å². The molecule has 21 heavy (non-hydrogen) atoms. The predicted octanol–water partition coefficient (Wildman–Crippen LogP) is 1.37. The number of ether oxygens (including phenoxy) is 1. The van der Waals surface area contributed by atoms with Crippen molar-refractivity contribution in [2.24, 2.45) is 0 Å². The van der Waals surface area contributed by atoms with Gasteiger partial charge < -0.3 is 10.1 Å². The summed E-state index contributed by atoms with van der Waals surface area (Å²) in [6, 6.07) is 1.82. The van der Waals surface area contributed by atoms with Crippen LogP contribution in [0.4, 0.5) is 0 Å². The lowest BCUT2D eigenvalue weighted by Crippen LogP contribution is -2.47. The van der Waals surface area contributed by atoms with Crippen molar-refractivity contribution in [2.45, 2.75) is 45.8 Å². The molecule has 0 radical (unpaired) electrons. The van der Waals surface area contributed by atoms with E-state index in [4.69, 9.17) is 4.74 Å². The quantitative estimate of drug-likeness (QED) is 0.860. The van der Waals surface area contributed by atoms with Crippen LogP contribution in [0.2, 0.25) is 0 Å². The van der Waals surface area contributed by atoms with Crippen LogP contribution in [0.1, 0.15) is 49.8 Å². The summed E-state index contributed by atoms with van der Waals surface area (Å²) < 4.78 is 5.70. The molecule has 2 N–H and O–H groups in total. The Labute approximate surface area is 126 Å². The number of aromatic nitrogens is 2. The van der Waals surface area contributed by atoms with Crippen molar-refractivity contribution in [1.82, 2.24) is 20.4 Å². The smallest absolute Gasteiger partial charge is 0.271 e. The highest BCUT2D eigenvalue weighted by molar-refractivity contribution is 5.92. The highest BCUT2D eigenvalue weighted by atomic mass is 16.5. The van der Waals surface area contributed by atoms with Gasteiger partial charge in [0, 0.05) is 31.9 Å². The van der Waals surface area contributed by atoms with Crippen LogP contribution in [-0.4, -0.2) is 59.4 Å². The molecule has 1 fully saturated rings. The molecule has 0 saturated carbocycles. The van der Waals surface area contributed by atoms with Crippen molar-refractivity contribution in [3.63, 3.8) is 0 Å². The molecule has 1 aromatic heterocycles. The summed E-state index contributed by atoms with van der Waals surface area (Å²) >= 11 is 0. The maximum atomic E-state index is 12.0. The van der Waals surface area contributed by atoms with Crippen LogP contribution in [0.25, 0.3) is 0 Å². The number of amides is 1. The Hall–Kier alpha value is -1.40. The minimum Gasteiger partial charge on any atom is -0.373 e. The summed E-state index contributed by atoms with van der Waals surface area (Å²) in [6.45, 7) is 11.6. The highest BCUT2D eigenvalue weighted by Gasteiger charge is 2.21. The van der Waals surface area contributed by atoms with E-state index in [1.807, 2.05) is 6.07 Å². The van der Waals surface area contributed by atoms with Crippen molar-refractivity contribution in [3.05, 3.63) is 17.5 Å². The number of nitrogens with zero attached hydrogens (tertiary/aromatic N) is 2. The van der Waals surface area contributed by atoms with Crippen LogP contribution in [0, 0.1) is 0 Å². The number of nitrogens with one attached hydrogen (secondary N) is 2. The van der Waals surface area contributed by atoms with Gasteiger partial charge in [-0.15, -0.1) is 0 Å². The molecule has 1 aromatic rings. The first kappa shape index (κ1) is 16.0. The number of morpholine rings is 1. The van der Waals surface area contributed by atoms with E-state index in [0.717, 1.165) is 25.3 Å². The Balaban J connectivity index is 1.76. The molecule has 0 aliphatic carbocycles. The molecule has 1 saturated heterocycles. The van der Waals surface area contributed by atoms with Gasteiger partial charge in [0.1, 0.15) is 5.69 Å². The average molecular weight is 294 g/mol. The van der Waals surface area contributed by atoms with E-state index >= 15 is 0 Å². The average Bonchev–Trinajstić information content (AvgIpc) is 2.87. The summed E-state index contributed by atoms with van der Waals surface area (Å²) in [7, 11) is 0.